The van der Waals surface area contributed by atoms with E-state index in [1.807, 2.05) is 0 Å². The molecule has 0 aliphatic carbocycles. The molecule has 0 unspecified atom stereocenters. The Morgan fingerprint density at radius 3 is 2.33 bits per heavy atom. The van der Waals surface area contributed by atoms with Crippen molar-refractivity contribution in [1.82, 2.24) is 0 Å². The highest BCUT2D eigenvalue weighted by molar-refractivity contribution is 5.41. The van der Waals surface area contributed by atoms with Crippen LogP contribution in [0.3, 0.4) is 0 Å². The van der Waals surface area contributed by atoms with Gasteiger partial charge in [0.05, 0.1) is 6.61 Å². The Kier molecular flexibility index (Phi) is 3.28. The molecule has 0 heterocycles. The van der Waals surface area contributed by atoms with Gasteiger partial charge in [0.2, 0.25) is 0 Å². The van der Waals surface area contributed by atoms with Crippen molar-refractivity contribution in [1.29, 1.82) is 0 Å². The first-order valence-corrected chi connectivity index (χ1v) is 4.13. The van der Waals surface area contributed by atoms with Crippen molar-refractivity contribution in [3.05, 3.63) is 18.2 Å². The van der Waals surface area contributed by atoms with Gasteiger partial charge in [-0.15, -0.1) is 13.2 Å². The molecular weight excluding hydrogens is 213 g/mol. The van der Waals surface area contributed by atoms with Gasteiger partial charge in [0, 0.05) is 18.2 Å². The van der Waals surface area contributed by atoms with Crippen LogP contribution in [0.4, 0.5) is 13.2 Å². The minimum Gasteiger partial charge on any atom is -0.508 e. The van der Waals surface area contributed by atoms with Crippen LogP contribution < -0.4 is 9.47 Å². The van der Waals surface area contributed by atoms with Crippen LogP contribution in [0.15, 0.2) is 18.2 Å². The zero-order valence-corrected chi connectivity index (χ0v) is 7.84. The monoisotopic (exact) mass is 222 g/mol. The summed E-state index contributed by atoms with van der Waals surface area (Å²) in [6.45, 7) is 1.96. The highest BCUT2D eigenvalue weighted by atomic mass is 19.4. The van der Waals surface area contributed by atoms with Crippen molar-refractivity contribution >= 4 is 0 Å². The molecule has 0 atom stereocenters. The fourth-order valence-corrected chi connectivity index (χ4v) is 0.999. The number of phenolic OH excluding ortho intramolecular Hbond substituents is 1. The third-order valence-corrected chi connectivity index (χ3v) is 1.41. The number of hydrogen-bond acceptors (Lipinski definition) is 3. The molecule has 0 bridgehead atoms. The van der Waals surface area contributed by atoms with Crippen molar-refractivity contribution in [2.75, 3.05) is 6.61 Å². The van der Waals surface area contributed by atoms with E-state index in [0.717, 1.165) is 12.1 Å². The van der Waals surface area contributed by atoms with Gasteiger partial charge < -0.3 is 14.6 Å². The molecule has 0 saturated heterocycles. The highest BCUT2D eigenvalue weighted by Crippen LogP contribution is 2.30. The second kappa shape index (κ2) is 4.29. The molecule has 0 saturated carbocycles. The molecule has 0 amide bonds. The number of halogens is 3. The highest BCUT2D eigenvalue weighted by Gasteiger charge is 2.31. The quantitative estimate of drug-likeness (QED) is 0.854. The second-order valence-electron chi connectivity index (χ2n) is 2.64. The van der Waals surface area contributed by atoms with E-state index in [4.69, 9.17) is 9.84 Å². The Bertz CT molecular complexity index is 336. The zero-order valence-electron chi connectivity index (χ0n) is 7.84. The molecule has 0 spiro atoms. The van der Waals surface area contributed by atoms with Crippen LogP contribution in [0, 0.1) is 0 Å². The van der Waals surface area contributed by atoms with E-state index in [-0.39, 0.29) is 18.1 Å². The number of hydrogen-bond donors (Lipinski definition) is 1. The molecular formula is C9H9F3O3. The first-order valence-electron chi connectivity index (χ1n) is 4.13. The van der Waals surface area contributed by atoms with E-state index in [9.17, 15) is 13.2 Å². The lowest BCUT2D eigenvalue weighted by atomic mass is 10.3. The maximum atomic E-state index is 11.8. The third kappa shape index (κ3) is 3.97. The van der Waals surface area contributed by atoms with E-state index in [1.54, 1.807) is 6.92 Å². The van der Waals surface area contributed by atoms with Crippen LogP contribution >= 0.6 is 0 Å². The van der Waals surface area contributed by atoms with Crippen molar-refractivity contribution in [2.24, 2.45) is 0 Å². The summed E-state index contributed by atoms with van der Waals surface area (Å²) < 4.78 is 44.1. The predicted octanol–water partition coefficient (Wildman–Crippen LogP) is 2.69. The molecule has 0 radical (unpaired) electrons. The summed E-state index contributed by atoms with van der Waals surface area (Å²) in [5.74, 6) is -0.733. The van der Waals surface area contributed by atoms with Gasteiger partial charge >= 0.3 is 6.36 Å². The molecule has 84 valence electrons. The van der Waals surface area contributed by atoms with E-state index < -0.39 is 12.1 Å². The van der Waals surface area contributed by atoms with Crippen LogP contribution in [0.2, 0.25) is 0 Å². The lowest BCUT2D eigenvalue weighted by Gasteiger charge is -2.10. The molecule has 6 heteroatoms. The number of rotatable bonds is 3. The number of ether oxygens (including phenoxy) is 2. The van der Waals surface area contributed by atoms with Gasteiger partial charge in [0.25, 0.3) is 0 Å². The molecule has 0 fully saturated rings. The van der Waals surface area contributed by atoms with Crippen molar-refractivity contribution < 1.29 is 27.8 Å². The van der Waals surface area contributed by atoms with Crippen LogP contribution in [0.1, 0.15) is 6.92 Å². The molecule has 0 aromatic heterocycles. The van der Waals surface area contributed by atoms with E-state index >= 15 is 0 Å². The summed E-state index contributed by atoms with van der Waals surface area (Å²) in [7, 11) is 0. The Morgan fingerprint density at radius 2 is 1.80 bits per heavy atom. The first-order chi connectivity index (χ1) is 6.90. The fourth-order valence-electron chi connectivity index (χ4n) is 0.999. The zero-order chi connectivity index (χ0) is 11.5. The third-order valence-electron chi connectivity index (χ3n) is 1.41. The minimum atomic E-state index is -4.78. The Hall–Kier alpha value is -1.59. The summed E-state index contributed by atoms with van der Waals surface area (Å²) in [6, 6.07) is 3.11. The number of phenols is 1. The molecule has 3 nitrogen and oxygen atoms in total. The minimum absolute atomic E-state index is 0.122. The van der Waals surface area contributed by atoms with Crippen molar-refractivity contribution in [3.8, 4) is 17.2 Å². The topological polar surface area (TPSA) is 38.7 Å². The largest absolute Gasteiger partial charge is 0.573 e. The molecule has 15 heavy (non-hydrogen) atoms. The van der Waals surface area contributed by atoms with Crippen LogP contribution in [0.25, 0.3) is 0 Å². The molecule has 1 N–H and O–H groups in total. The van der Waals surface area contributed by atoms with Crippen LogP contribution in [-0.2, 0) is 0 Å². The van der Waals surface area contributed by atoms with Gasteiger partial charge in [-0.1, -0.05) is 0 Å². The average Bonchev–Trinajstić information content (AvgIpc) is 1.99. The average molecular weight is 222 g/mol. The molecule has 1 aromatic carbocycles. The van der Waals surface area contributed by atoms with E-state index in [2.05, 4.69) is 4.74 Å². The second-order valence-corrected chi connectivity index (χ2v) is 2.64. The lowest BCUT2D eigenvalue weighted by molar-refractivity contribution is -0.274. The smallest absolute Gasteiger partial charge is 0.508 e. The molecule has 1 rings (SSSR count). The molecule has 0 aliphatic heterocycles. The van der Waals surface area contributed by atoms with E-state index in [1.165, 1.54) is 6.07 Å². The van der Waals surface area contributed by atoms with Crippen molar-refractivity contribution in [2.45, 2.75) is 13.3 Å². The summed E-state index contributed by atoms with van der Waals surface area (Å²) >= 11 is 0. The standard InChI is InChI=1S/C9H9F3O3/c1-2-14-7-3-6(13)4-8(5-7)15-9(10,11)12/h3-5,13H,2H2,1H3. The first kappa shape index (κ1) is 11.5. The normalized spacial score (nSPS) is 11.2. The van der Waals surface area contributed by atoms with E-state index in [0.29, 0.717) is 0 Å². The molecule has 0 aliphatic rings. The summed E-state index contributed by atoms with van der Waals surface area (Å²) in [6.07, 6.45) is -4.78. The number of alkyl halides is 3. The van der Waals surface area contributed by atoms with Gasteiger partial charge in [0.1, 0.15) is 17.2 Å². The Balaban J connectivity index is 2.88. The SMILES string of the molecule is CCOc1cc(O)cc(OC(F)(F)F)c1. The fraction of sp³-hybridized carbons (Fsp3) is 0.333. The van der Waals surface area contributed by atoms with Gasteiger partial charge in [0.15, 0.2) is 0 Å². The number of aromatic hydroxyl groups is 1. The summed E-state index contributed by atoms with van der Waals surface area (Å²) in [5, 5.41) is 9.09. The van der Waals surface area contributed by atoms with Gasteiger partial charge in [-0.2, -0.15) is 0 Å². The van der Waals surface area contributed by atoms with Crippen LogP contribution in [-0.4, -0.2) is 18.1 Å². The van der Waals surface area contributed by atoms with Gasteiger partial charge in [-0.3, -0.25) is 0 Å². The summed E-state index contributed by atoms with van der Waals surface area (Å²) in [4.78, 5) is 0. The maximum absolute atomic E-state index is 11.8. The van der Waals surface area contributed by atoms with Crippen molar-refractivity contribution in [3.63, 3.8) is 0 Å². The Labute approximate surface area is 84.0 Å². The lowest BCUT2D eigenvalue weighted by Crippen LogP contribution is -2.17. The van der Waals surface area contributed by atoms with Crippen LogP contribution in [0.5, 0.6) is 17.2 Å². The number of benzene rings is 1. The van der Waals surface area contributed by atoms with Gasteiger partial charge in [-0.05, 0) is 6.92 Å². The summed E-state index contributed by atoms with van der Waals surface area (Å²) in [5.41, 5.74) is 0. The Morgan fingerprint density at radius 1 is 1.20 bits per heavy atom. The predicted molar refractivity (Wildman–Crippen MR) is 46.0 cm³/mol. The van der Waals surface area contributed by atoms with Gasteiger partial charge in [-0.25, -0.2) is 0 Å². The molecule has 1 aromatic rings. The maximum Gasteiger partial charge on any atom is 0.573 e.